The van der Waals surface area contributed by atoms with Crippen molar-refractivity contribution in [3.05, 3.63) is 71.0 Å². The Morgan fingerprint density at radius 2 is 1.85 bits per heavy atom. The van der Waals surface area contributed by atoms with Crippen molar-refractivity contribution in [2.45, 2.75) is 6.54 Å². The van der Waals surface area contributed by atoms with E-state index in [1.807, 2.05) is 0 Å². The minimum Gasteiger partial charge on any atom is -0.353 e. The van der Waals surface area contributed by atoms with Crippen molar-refractivity contribution in [3.63, 3.8) is 0 Å². The van der Waals surface area contributed by atoms with Gasteiger partial charge in [-0.15, -0.1) is 0 Å². The average Bonchev–Trinajstić information content (AvgIpc) is 2.68. The smallest absolute Gasteiger partial charge is 0.261 e. The van der Waals surface area contributed by atoms with Gasteiger partial charge in [-0.1, -0.05) is 12.1 Å². The van der Waals surface area contributed by atoms with Gasteiger partial charge in [-0.25, -0.2) is 4.98 Å². The van der Waals surface area contributed by atoms with Crippen LogP contribution in [0.15, 0.2) is 59.9 Å². The molecule has 3 aromatic rings. The largest absolute Gasteiger partial charge is 0.353 e. The first-order chi connectivity index (χ1) is 12.6. The minimum absolute atomic E-state index is 0.132. The number of pyridine rings is 1. The van der Waals surface area contributed by atoms with Gasteiger partial charge in [-0.3, -0.25) is 23.9 Å². The van der Waals surface area contributed by atoms with E-state index >= 15 is 0 Å². The van der Waals surface area contributed by atoms with E-state index in [2.05, 4.69) is 20.6 Å². The number of carbonyl (C=O) groups is 2. The number of para-hydroxylation sites is 1. The molecule has 0 spiro atoms. The molecule has 0 unspecified atom stereocenters. The number of amides is 2. The molecular formula is C18H17N5O3. The van der Waals surface area contributed by atoms with Gasteiger partial charge in [-0.2, -0.15) is 0 Å². The van der Waals surface area contributed by atoms with E-state index in [0.717, 1.165) is 0 Å². The van der Waals surface area contributed by atoms with Crippen LogP contribution in [0.25, 0.3) is 10.9 Å². The number of carbonyl (C=O) groups excluding carboxylic acids is 2. The Bertz CT molecular complexity index is 985. The highest BCUT2D eigenvalue weighted by Gasteiger charge is 2.08. The number of rotatable bonds is 6. The van der Waals surface area contributed by atoms with E-state index in [0.29, 0.717) is 16.5 Å². The number of aromatic nitrogens is 3. The first-order valence-electron chi connectivity index (χ1n) is 8.04. The summed E-state index contributed by atoms with van der Waals surface area (Å²) in [6.45, 7) is 0.387. The molecule has 0 saturated heterocycles. The standard InChI is InChI=1S/C18H17N5O3/c24-16(20-8-9-21-17(25)13-4-3-7-19-10-13)11-23-12-22-15-6-2-1-5-14(15)18(23)26/h1-7,10,12H,8-9,11H2,(H,20,24)(H,21,25). The van der Waals surface area contributed by atoms with Gasteiger partial charge in [0.25, 0.3) is 11.5 Å². The van der Waals surface area contributed by atoms with Gasteiger partial charge in [-0.05, 0) is 24.3 Å². The second-order valence-corrected chi connectivity index (χ2v) is 5.54. The molecule has 2 heterocycles. The fourth-order valence-electron chi connectivity index (χ4n) is 2.41. The van der Waals surface area contributed by atoms with Gasteiger partial charge < -0.3 is 10.6 Å². The van der Waals surface area contributed by atoms with Crippen LogP contribution in [0.2, 0.25) is 0 Å². The van der Waals surface area contributed by atoms with Gasteiger partial charge in [0, 0.05) is 25.5 Å². The third kappa shape index (κ3) is 4.10. The van der Waals surface area contributed by atoms with Crippen molar-refractivity contribution in [2.75, 3.05) is 13.1 Å². The first-order valence-corrected chi connectivity index (χ1v) is 8.04. The topological polar surface area (TPSA) is 106 Å². The Balaban J connectivity index is 1.50. The van der Waals surface area contributed by atoms with Crippen molar-refractivity contribution in [2.24, 2.45) is 0 Å². The zero-order valence-corrected chi connectivity index (χ0v) is 13.9. The molecule has 1 aromatic carbocycles. The Hall–Kier alpha value is -3.55. The molecule has 26 heavy (non-hydrogen) atoms. The van der Waals surface area contributed by atoms with E-state index < -0.39 is 0 Å². The van der Waals surface area contributed by atoms with Crippen LogP contribution >= 0.6 is 0 Å². The van der Waals surface area contributed by atoms with Gasteiger partial charge in [0.1, 0.15) is 6.54 Å². The molecule has 132 valence electrons. The lowest BCUT2D eigenvalue weighted by molar-refractivity contribution is -0.121. The Morgan fingerprint density at radius 3 is 2.65 bits per heavy atom. The SMILES string of the molecule is O=C(Cn1cnc2ccccc2c1=O)NCCNC(=O)c1cccnc1. The molecule has 8 heteroatoms. The summed E-state index contributed by atoms with van der Waals surface area (Å²) in [6.07, 6.45) is 4.40. The minimum atomic E-state index is -0.334. The zero-order chi connectivity index (χ0) is 18.4. The molecule has 0 radical (unpaired) electrons. The van der Waals surface area contributed by atoms with Crippen molar-refractivity contribution >= 4 is 22.7 Å². The third-order valence-corrected chi connectivity index (χ3v) is 3.70. The van der Waals surface area contributed by atoms with Crippen LogP contribution in [0.5, 0.6) is 0 Å². The molecule has 8 nitrogen and oxygen atoms in total. The van der Waals surface area contributed by atoms with Crippen LogP contribution in [0.1, 0.15) is 10.4 Å². The molecule has 0 bridgehead atoms. The summed E-state index contributed by atoms with van der Waals surface area (Å²) in [5.74, 6) is -0.595. The zero-order valence-electron chi connectivity index (χ0n) is 13.9. The first kappa shape index (κ1) is 17.3. The summed E-state index contributed by atoms with van der Waals surface area (Å²) in [5.41, 5.74) is 0.774. The Kier molecular flexibility index (Phi) is 5.33. The van der Waals surface area contributed by atoms with Gasteiger partial charge >= 0.3 is 0 Å². The lowest BCUT2D eigenvalue weighted by Gasteiger charge is -2.09. The van der Waals surface area contributed by atoms with E-state index in [1.165, 1.54) is 17.1 Å². The van der Waals surface area contributed by atoms with Gasteiger partial charge in [0.2, 0.25) is 5.91 Å². The maximum atomic E-state index is 12.3. The molecule has 0 aliphatic rings. The van der Waals surface area contributed by atoms with E-state index in [4.69, 9.17) is 0 Å². The van der Waals surface area contributed by atoms with E-state index in [9.17, 15) is 14.4 Å². The maximum Gasteiger partial charge on any atom is 0.261 e. The predicted octanol–water partition coefficient (Wildman–Crippen LogP) is 0.338. The highest BCUT2D eigenvalue weighted by Crippen LogP contribution is 2.04. The summed E-state index contributed by atoms with van der Waals surface area (Å²) in [6, 6.07) is 10.3. The van der Waals surface area contributed by atoms with Crippen LogP contribution in [0.3, 0.4) is 0 Å². The van der Waals surface area contributed by atoms with Crippen molar-refractivity contribution in [3.8, 4) is 0 Å². The van der Waals surface area contributed by atoms with Gasteiger partial charge in [0.05, 0.1) is 22.8 Å². The fourth-order valence-corrected chi connectivity index (χ4v) is 2.41. The van der Waals surface area contributed by atoms with E-state index in [-0.39, 0.29) is 37.0 Å². The molecule has 2 N–H and O–H groups in total. The second kappa shape index (κ2) is 8.02. The van der Waals surface area contributed by atoms with Crippen molar-refractivity contribution in [1.82, 2.24) is 25.2 Å². The summed E-state index contributed by atoms with van der Waals surface area (Å²) in [4.78, 5) is 44.2. The predicted molar refractivity (Wildman–Crippen MR) is 95.6 cm³/mol. The summed E-state index contributed by atoms with van der Waals surface area (Å²) in [5, 5.41) is 5.80. The van der Waals surface area contributed by atoms with Gasteiger partial charge in [0.15, 0.2) is 0 Å². The second-order valence-electron chi connectivity index (χ2n) is 5.54. The number of hydrogen-bond donors (Lipinski definition) is 2. The highest BCUT2D eigenvalue weighted by atomic mass is 16.2. The highest BCUT2D eigenvalue weighted by molar-refractivity contribution is 5.93. The monoisotopic (exact) mass is 351 g/mol. The quantitative estimate of drug-likeness (QED) is 0.623. The maximum absolute atomic E-state index is 12.3. The number of nitrogens with zero attached hydrogens (tertiary/aromatic N) is 3. The number of benzene rings is 1. The molecule has 0 aliphatic heterocycles. The van der Waals surface area contributed by atoms with Crippen molar-refractivity contribution < 1.29 is 9.59 Å². The molecule has 2 amide bonds. The molecule has 0 aliphatic carbocycles. The number of fused-ring (bicyclic) bond motifs is 1. The molecule has 0 saturated carbocycles. The molecule has 0 fully saturated rings. The normalized spacial score (nSPS) is 10.5. The van der Waals surface area contributed by atoms with Crippen molar-refractivity contribution in [1.29, 1.82) is 0 Å². The Morgan fingerprint density at radius 1 is 1.04 bits per heavy atom. The third-order valence-electron chi connectivity index (χ3n) is 3.70. The average molecular weight is 351 g/mol. The van der Waals surface area contributed by atoms with E-state index in [1.54, 1.807) is 42.6 Å². The fraction of sp³-hybridized carbons (Fsp3) is 0.167. The Labute approximate surface area is 148 Å². The van der Waals surface area contributed by atoms with Crippen LogP contribution < -0.4 is 16.2 Å². The number of hydrogen-bond acceptors (Lipinski definition) is 5. The molecule has 0 atom stereocenters. The molecular weight excluding hydrogens is 334 g/mol. The van der Waals surface area contributed by atoms with Crippen LogP contribution in [0.4, 0.5) is 0 Å². The lowest BCUT2D eigenvalue weighted by Crippen LogP contribution is -2.37. The van der Waals surface area contributed by atoms with Crippen LogP contribution in [0, 0.1) is 0 Å². The molecule has 2 aromatic heterocycles. The molecule has 3 rings (SSSR count). The van der Waals surface area contributed by atoms with Crippen LogP contribution in [-0.4, -0.2) is 39.4 Å². The number of nitrogens with one attached hydrogen (secondary N) is 2. The summed E-state index contributed by atoms with van der Waals surface area (Å²) < 4.78 is 1.26. The lowest BCUT2D eigenvalue weighted by atomic mass is 10.2. The summed E-state index contributed by atoms with van der Waals surface area (Å²) >= 11 is 0. The van der Waals surface area contributed by atoms with Crippen LogP contribution in [-0.2, 0) is 11.3 Å². The summed E-state index contributed by atoms with van der Waals surface area (Å²) in [7, 11) is 0.